The van der Waals surface area contributed by atoms with Crippen molar-refractivity contribution < 1.29 is 24.6 Å². The quantitative estimate of drug-likeness (QED) is 0.566. The second-order valence-electron chi connectivity index (χ2n) is 8.44. The van der Waals surface area contributed by atoms with Crippen LogP contribution in [-0.2, 0) is 20.9 Å². The summed E-state index contributed by atoms with van der Waals surface area (Å²) < 4.78 is 1.90. The molecule has 11 nitrogen and oxygen atoms in total. The molecule has 0 aromatic carbocycles. The zero-order chi connectivity index (χ0) is 23.7. The lowest BCUT2D eigenvalue weighted by Crippen LogP contribution is -2.32. The Morgan fingerprint density at radius 3 is 2.22 bits per heavy atom. The fourth-order valence-corrected chi connectivity index (χ4v) is 3.01. The van der Waals surface area contributed by atoms with Gasteiger partial charge in [0.25, 0.3) is 0 Å². The van der Waals surface area contributed by atoms with Crippen LogP contribution in [-0.4, -0.2) is 72.3 Å². The molecular formula is C21H30N6O5. The number of amides is 1. The molecule has 0 saturated carbocycles. The SMILES string of the molecule is CC(C)(C)C(=O)Nc1ncnc2c1cnn2CCN1CCCCC1.O=C(O)C=CC(=O)O. The highest BCUT2D eigenvalue weighted by Crippen LogP contribution is 2.22. The first kappa shape index (κ1) is 24.9. The molecule has 1 saturated heterocycles. The van der Waals surface area contributed by atoms with E-state index in [9.17, 15) is 14.4 Å². The molecule has 11 heteroatoms. The highest BCUT2D eigenvalue weighted by molar-refractivity contribution is 6.00. The van der Waals surface area contributed by atoms with Crippen molar-refractivity contribution in [2.24, 2.45) is 5.41 Å². The normalized spacial score (nSPS) is 14.7. The Labute approximate surface area is 186 Å². The Kier molecular flexibility index (Phi) is 8.82. The molecule has 0 radical (unpaired) electrons. The van der Waals surface area contributed by atoms with Gasteiger partial charge in [0.1, 0.15) is 12.1 Å². The number of carboxylic acid groups (broad SMARTS) is 2. The monoisotopic (exact) mass is 446 g/mol. The van der Waals surface area contributed by atoms with Crippen molar-refractivity contribution in [2.45, 2.75) is 46.6 Å². The van der Waals surface area contributed by atoms with E-state index in [1.54, 1.807) is 6.20 Å². The number of nitrogens with zero attached hydrogens (tertiary/aromatic N) is 5. The highest BCUT2D eigenvalue weighted by atomic mass is 16.4. The Morgan fingerprint density at radius 2 is 1.66 bits per heavy atom. The lowest BCUT2D eigenvalue weighted by atomic mass is 9.96. The van der Waals surface area contributed by atoms with E-state index in [1.807, 2.05) is 25.5 Å². The number of anilines is 1. The van der Waals surface area contributed by atoms with Gasteiger partial charge in [-0.25, -0.2) is 24.2 Å². The molecule has 32 heavy (non-hydrogen) atoms. The molecule has 2 aromatic rings. The second-order valence-corrected chi connectivity index (χ2v) is 8.44. The smallest absolute Gasteiger partial charge is 0.328 e. The lowest BCUT2D eigenvalue weighted by Gasteiger charge is -2.26. The van der Waals surface area contributed by atoms with E-state index >= 15 is 0 Å². The third-order valence-electron chi connectivity index (χ3n) is 4.79. The van der Waals surface area contributed by atoms with Crippen molar-refractivity contribution >= 4 is 34.7 Å². The Hall–Kier alpha value is -3.34. The van der Waals surface area contributed by atoms with Crippen LogP contribution in [0.2, 0.25) is 0 Å². The number of piperidine rings is 1. The molecule has 0 spiro atoms. The maximum absolute atomic E-state index is 12.2. The van der Waals surface area contributed by atoms with Gasteiger partial charge in [-0.05, 0) is 25.9 Å². The van der Waals surface area contributed by atoms with Gasteiger partial charge in [0, 0.05) is 24.1 Å². The number of rotatable bonds is 6. The van der Waals surface area contributed by atoms with Crippen molar-refractivity contribution in [1.82, 2.24) is 24.6 Å². The molecular weight excluding hydrogens is 416 g/mol. The summed E-state index contributed by atoms with van der Waals surface area (Å²) >= 11 is 0. The number of nitrogens with one attached hydrogen (secondary N) is 1. The van der Waals surface area contributed by atoms with Crippen molar-refractivity contribution in [3.05, 3.63) is 24.7 Å². The van der Waals surface area contributed by atoms with Crippen LogP contribution in [0.1, 0.15) is 40.0 Å². The molecule has 2 aromatic heterocycles. The topological polar surface area (TPSA) is 151 Å². The predicted octanol–water partition coefficient (Wildman–Crippen LogP) is 2.01. The van der Waals surface area contributed by atoms with Gasteiger partial charge in [0.05, 0.1) is 18.1 Å². The summed E-state index contributed by atoms with van der Waals surface area (Å²) in [5.41, 5.74) is 0.299. The van der Waals surface area contributed by atoms with Gasteiger partial charge in [-0.2, -0.15) is 5.10 Å². The van der Waals surface area contributed by atoms with Crippen molar-refractivity contribution in [2.75, 3.05) is 25.0 Å². The first-order chi connectivity index (χ1) is 15.1. The van der Waals surface area contributed by atoms with Gasteiger partial charge in [-0.3, -0.25) is 4.79 Å². The van der Waals surface area contributed by atoms with Crippen molar-refractivity contribution in [3.63, 3.8) is 0 Å². The van der Waals surface area contributed by atoms with E-state index < -0.39 is 17.4 Å². The van der Waals surface area contributed by atoms with Crippen LogP contribution in [0.4, 0.5) is 5.82 Å². The summed E-state index contributed by atoms with van der Waals surface area (Å²) in [5.74, 6) is -2.05. The molecule has 174 valence electrons. The summed E-state index contributed by atoms with van der Waals surface area (Å²) in [7, 11) is 0. The second kappa shape index (κ2) is 11.3. The fourth-order valence-electron chi connectivity index (χ4n) is 3.01. The van der Waals surface area contributed by atoms with Crippen LogP contribution >= 0.6 is 0 Å². The number of carbonyl (C=O) groups excluding carboxylic acids is 1. The number of hydrogen-bond donors (Lipinski definition) is 3. The van der Waals surface area contributed by atoms with Gasteiger partial charge < -0.3 is 20.4 Å². The molecule has 0 aliphatic carbocycles. The number of carboxylic acids is 2. The third-order valence-corrected chi connectivity index (χ3v) is 4.79. The fraction of sp³-hybridized carbons (Fsp3) is 0.524. The molecule has 0 unspecified atom stereocenters. The maximum Gasteiger partial charge on any atom is 0.328 e. The van der Waals surface area contributed by atoms with Gasteiger partial charge in [0.2, 0.25) is 5.91 Å². The number of aromatic nitrogens is 4. The Balaban J connectivity index is 0.000000390. The average Bonchev–Trinajstić information content (AvgIpc) is 3.15. The Bertz CT molecular complexity index is 957. The minimum atomic E-state index is -1.26. The van der Waals surface area contributed by atoms with E-state index in [1.165, 1.54) is 38.7 Å². The largest absolute Gasteiger partial charge is 0.478 e. The first-order valence-corrected chi connectivity index (χ1v) is 10.4. The summed E-state index contributed by atoms with van der Waals surface area (Å²) in [5, 5.41) is 23.7. The van der Waals surface area contributed by atoms with E-state index in [0.29, 0.717) is 18.0 Å². The van der Waals surface area contributed by atoms with Crippen LogP contribution in [0.5, 0.6) is 0 Å². The summed E-state index contributed by atoms with van der Waals surface area (Å²) in [6.07, 6.45) is 8.25. The zero-order valence-electron chi connectivity index (χ0n) is 18.6. The predicted molar refractivity (Wildman–Crippen MR) is 118 cm³/mol. The first-order valence-electron chi connectivity index (χ1n) is 10.4. The zero-order valence-corrected chi connectivity index (χ0v) is 18.6. The summed E-state index contributed by atoms with van der Waals surface area (Å²) in [4.78, 5) is 42.4. The van der Waals surface area contributed by atoms with Gasteiger partial charge in [-0.15, -0.1) is 0 Å². The molecule has 3 rings (SSSR count). The van der Waals surface area contributed by atoms with Crippen LogP contribution in [0.3, 0.4) is 0 Å². The van der Waals surface area contributed by atoms with Crippen LogP contribution < -0.4 is 5.32 Å². The van der Waals surface area contributed by atoms with Gasteiger partial charge >= 0.3 is 11.9 Å². The number of hydrogen-bond acceptors (Lipinski definition) is 7. The minimum absolute atomic E-state index is 0.0661. The van der Waals surface area contributed by atoms with Gasteiger partial charge in [0.15, 0.2) is 5.65 Å². The number of aliphatic carboxylic acids is 2. The standard InChI is InChI=1S/C17H26N6O.C4H4O4/c1-17(2,3)16(24)21-14-13-11-20-23(15(13)19-12-18-14)10-9-22-7-5-4-6-8-22;5-3(6)1-2-4(7)8/h11-12H,4-10H2,1-3H3,(H,18,19,21,24);1-2H,(H,5,6)(H,7,8). The lowest BCUT2D eigenvalue weighted by molar-refractivity contribution is -0.134. The third kappa shape index (κ3) is 7.73. The number of fused-ring (bicyclic) bond motifs is 1. The van der Waals surface area contributed by atoms with Crippen molar-refractivity contribution in [3.8, 4) is 0 Å². The highest BCUT2D eigenvalue weighted by Gasteiger charge is 2.23. The van der Waals surface area contributed by atoms with Crippen LogP contribution in [0.15, 0.2) is 24.7 Å². The van der Waals surface area contributed by atoms with E-state index in [-0.39, 0.29) is 5.91 Å². The van der Waals surface area contributed by atoms with E-state index in [0.717, 1.165) is 24.1 Å². The molecule has 1 fully saturated rings. The van der Waals surface area contributed by atoms with E-state index in [2.05, 4.69) is 25.3 Å². The van der Waals surface area contributed by atoms with E-state index in [4.69, 9.17) is 10.2 Å². The molecule has 1 amide bonds. The summed E-state index contributed by atoms with van der Waals surface area (Å²) in [6.45, 7) is 9.74. The van der Waals surface area contributed by atoms with Gasteiger partial charge in [-0.1, -0.05) is 27.2 Å². The molecule has 1 aliphatic heterocycles. The number of likely N-dealkylation sites (tertiary alicyclic amines) is 1. The molecule has 0 bridgehead atoms. The van der Waals surface area contributed by atoms with Crippen molar-refractivity contribution in [1.29, 1.82) is 0 Å². The Morgan fingerprint density at radius 1 is 1.03 bits per heavy atom. The van der Waals surface area contributed by atoms with Crippen LogP contribution in [0.25, 0.3) is 11.0 Å². The molecule has 3 N–H and O–H groups in total. The number of carbonyl (C=O) groups is 3. The minimum Gasteiger partial charge on any atom is -0.478 e. The summed E-state index contributed by atoms with van der Waals surface area (Å²) in [6, 6.07) is 0. The maximum atomic E-state index is 12.2. The average molecular weight is 447 g/mol. The molecule has 0 atom stereocenters. The van der Waals surface area contributed by atoms with Crippen LogP contribution in [0, 0.1) is 5.41 Å². The molecule has 3 heterocycles. The molecule has 1 aliphatic rings.